The fraction of sp³-hybridized carbons (Fsp3) is 0.381. The van der Waals surface area contributed by atoms with E-state index in [9.17, 15) is 4.79 Å². The summed E-state index contributed by atoms with van der Waals surface area (Å²) in [5.74, 6) is 2.39. The zero-order chi connectivity index (χ0) is 20.5. The number of nitrogens with two attached hydrogens (primary N) is 1. The molecule has 1 aromatic carbocycles. The molecule has 2 N–H and O–H groups in total. The monoisotopic (exact) mass is 442 g/mol. The fourth-order valence-electron chi connectivity index (χ4n) is 3.93. The Labute approximate surface area is 182 Å². The lowest BCUT2D eigenvalue weighted by Crippen LogP contribution is -2.32. The number of rotatable bonds is 4. The number of fused-ring (bicyclic) bond motifs is 2. The minimum Gasteiger partial charge on any atom is -0.490 e. The molecular formula is C21H22N4O3S2. The summed E-state index contributed by atoms with van der Waals surface area (Å²) in [5.41, 5.74) is 7.11. The minimum atomic E-state index is 0.0565. The lowest BCUT2D eigenvalue weighted by Gasteiger charge is -2.25. The zero-order valence-electron chi connectivity index (χ0n) is 16.4. The maximum Gasteiger partial charge on any atom is 0.233 e. The summed E-state index contributed by atoms with van der Waals surface area (Å²) in [5, 5.41) is 3.35. The number of ether oxygens (including phenoxy) is 2. The van der Waals surface area contributed by atoms with Crippen LogP contribution in [0, 0.1) is 0 Å². The number of hydrogen-bond acceptors (Lipinski definition) is 8. The first-order chi connectivity index (χ1) is 14.7. The first-order valence-electron chi connectivity index (χ1n) is 10.0. The van der Waals surface area contributed by atoms with Gasteiger partial charge in [0.25, 0.3) is 0 Å². The molecule has 0 spiro atoms. The summed E-state index contributed by atoms with van der Waals surface area (Å²) in [6.07, 6.45) is 2.81. The van der Waals surface area contributed by atoms with Crippen molar-refractivity contribution in [2.24, 2.45) is 0 Å². The highest BCUT2D eigenvalue weighted by Gasteiger charge is 2.31. The average molecular weight is 443 g/mol. The first-order valence-corrected chi connectivity index (χ1v) is 11.9. The number of thioether (sulfide) groups is 1. The molecule has 156 valence electrons. The largest absolute Gasteiger partial charge is 0.490 e. The van der Waals surface area contributed by atoms with Crippen molar-refractivity contribution in [3.05, 3.63) is 35.2 Å². The van der Waals surface area contributed by atoms with E-state index in [0.29, 0.717) is 24.2 Å². The zero-order valence-corrected chi connectivity index (χ0v) is 18.0. The van der Waals surface area contributed by atoms with Gasteiger partial charge in [-0.15, -0.1) is 11.3 Å². The van der Waals surface area contributed by atoms with Gasteiger partial charge < -0.3 is 20.1 Å². The third kappa shape index (κ3) is 3.79. The van der Waals surface area contributed by atoms with E-state index < -0.39 is 0 Å². The normalized spacial score (nSPS) is 18.5. The number of carbonyl (C=O) groups excluding carboxylic acids is 1. The molecule has 7 nitrogen and oxygen atoms in total. The van der Waals surface area contributed by atoms with E-state index >= 15 is 0 Å². The Morgan fingerprint density at radius 3 is 2.97 bits per heavy atom. The van der Waals surface area contributed by atoms with Crippen LogP contribution in [-0.4, -0.2) is 46.3 Å². The summed E-state index contributed by atoms with van der Waals surface area (Å²) in [7, 11) is 0. The van der Waals surface area contributed by atoms with Crippen LogP contribution < -0.4 is 15.2 Å². The Balaban J connectivity index is 1.29. The van der Waals surface area contributed by atoms with Crippen LogP contribution in [-0.2, 0) is 4.79 Å². The van der Waals surface area contributed by atoms with Crippen molar-refractivity contribution >= 4 is 45.0 Å². The quantitative estimate of drug-likeness (QED) is 0.484. The number of nitrogen functional groups attached to an aromatic ring is 1. The van der Waals surface area contributed by atoms with Gasteiger partial charge in [-0.1, -0.05) is 17.8 Å². The van der Waals surface area contributed by atoms with E-state index in [1.54, 1.807) is 0 Å². The van der Waals surface area contributed by atoms with Crippen LogP contribution in [0.5, 0.6) is 11.5 Å². The van der Waals surface area contributed by atoms with Gasteiger partial charge in [0, 0.05) is 13.0 Å². The smallest absolute Gasteiger partial charge is 0.233 e. The molecule has 9 heteroatoms. The summed E-state index contributed by atoms with van der Waals surface area (Å²) in [4.78, 5) is 24.7. The highest BCUT2D eigenvalue weighted by molar-refractivity contribution is 7.99. The Morgan fingerprint density at radius 2 is 2.07 bits per heavy atom. The SMILES string of the molecule is Nc1nc(SCC(=O)N2CCCC2c2ccc3c(c2)OCCCO3)nc2sccc12. The molecule has 0 bridgehead atoms. The van der Waals surface area contributed by atoms with Gasteiger partial charge in [-0.25, -0.2) is 9.97 Å². The molecule has 2 aromatic heterocycles. The molecular weight excluding hydrogens is 420 g/mol. The molecule has 1 unspecified atom stereocenters. The predicted molar refractivity (Wildman–Crippen MR) is 118 cm³/mol. The Hall–Kier alpha value is -2.52. The number of amides is 1. The van der Waals surface area contributed by atoms with Crippen LogP contribution in [0.3, 0.4) is 0 Å². The maximum atomic E-state index is 13.0. The van der Waals surface area contributed by atoms with Crippen molar-refractivity contribution in [3.63, 3.8) is 0 Å². The van der Waals surface area contributed by atoms with E-state index in [4.69, 9.17) is 15.2 Å². The topological polar surface area (TPSA) is 90.6 Å². The third-order valence-electron chi connectivity index (χ3n) is 5.39. The molecule has 1 atom stereocenters. The van der Waals surface area contributed by atoms with Crippen LogP contribution in [0.15, 0.2) is 34.8 Å². The average Bonchev–Trinajstić information content (AvgIpc) is 3.37. The molecule has 0 aliphatic carbocycles. The number of thiophene rings is 1. The Kier molecular flexibility index (Phi) is 5.39. The van der Waals surface area contributed by atoms with Gasteiger partial charge in [0.1, 0.15) is 10.6 Å². The molecule has 3 aromatic rings. The molecule has 30 heavy (non-hydrogen) atoms. The number of aromatic nitrogens is 2. The Bertz CT molecular complexity index is 1090. The number of hydrogen-bond donors (Lipinski definition) is 1. The van der Waals surface area contributed by atoms with Crippen molar-refractivity contribution in [2.75, 3.05) is 31.2 Å². The van der Waals surface area contributed by atoms with Gasteiger partial charge in [-0.05, 0) is 42.0 Å². The van der Waals surface area contributed by atoms with Crippen LogP contribution in [0.2, 0.25) is 0 Å². The number of carbonyl (C=O) groups is 1. The molecule has 0 radical (unpaired) electrons. The summed E-state index contributed by atoms with van der Waals surface area (Å²) in [6.45, 7) is 2.07. The van der Waals surface area contributed by atoms with E-state index in [2.05, 4.69) is 9.97 Å². The maximum absolute atomic E-state index is 13.0. The first kappa shape index (κ1) is 19.4. The van der Waals surface area contributed by atoms with Gasteiger partial charge in [0.05, 0.1) is 30.4 Å². The number of anilines is 1. The lowest BCUT2D eigenvalue weighted by molar-refractivity contribution is -0.129. The van der Waals surface area contributed by atoms with Gasteiger partial charge in [-0.3, -0.25) is 4.79 Å². The highest BCUT2D eigenvalue weighted by Crippen LogP contribution is 2.38. The van der Waals surface area contributed by atoms with Crippen molar-refractivity contribution in [1.82, 2.24) is 14.9 Å². The molecule has 5 rings (SSSR count). The van der Waals surface area contributed by atoms with E-state index in [1.807, 2.05) is 34.5 Å². The second-order valence-corrected chi connectivity index (χ2v) is 9.16. The van der Waals surface area contributed by atoms with Crippen LogP contribution >= 0.6 is 23.1 Å². The molecule has 2 aliphatic rings. The van der Waals surface area contributed by atoms with E-state index in [-0.39, 0.29) is 17.7 Å². The van der Waals surface area contributed by atoms with Gasteiger partial charge >= 0.3 is 0 Å². The molecule has 4 heterocycles. The molecule has 0 saturated carbocycles. The summed E-state index contributed by atoms with van der Waals surface area (Å²) >= 11 is 2.86. The van der Waals surface area contributed by atoms with Crippen LogP contribution in [0.4, 0.5) is 5.82 Å². The van der Waals surface area contributed by atoms with Crippen LogP contribution in [0.1, 0.15) is 30.9 Å². The number of nitrogens with zero attached hydrogens (tertiary/aromatic N) is 3. The van der Waals surface area contributed by atoms with Crippen LogP contribution in [0.25, 0.3) is 10.2 Å². The fourth-order valence-corrected chi connectivity index (χ4v) is 5.50. The van der Waals surface area contributed by atoms with Crippen molar-refractivity contribution < 1.29 is 14.3 Å². The number of benzene rings is 1. The molecule has 1 saturated heterocycles. The second-order valence-electron chi connectivity index (χ2n) is 7.32. The standard InChI is InChI=1S/C21H22N4O3S2/c22-19-14-6-10-29-20(14)24-21(23-19)30-12-18(26)25-7-1-3-15(25)13-4-5-16-17(11-13)28-9-2-8-27-16/h4-6,10-11,15H,1-3,7-9,12H2,(H2,22,23,24). The molecule has 1 fully saturated rings. The summed E-state index contributed by atoms with van der Waals surface area (Å²) in [6, 6.07) is 8.00. The van der Waals surface area contributed by atoms with Gasteiger partial charge in [-0.2, -0.15) is 0 Å². The number of likely N-dealkylation sites (tertiary alicyclic amines) is 1. The highest BCUT2D eigenvalue weighted by atomic mass is 32.2. The van der Waals surface area contributed by atoms with Crippen molar-refractivity contribution in [2.45, 2.75) is 30.5 Å². The van der Waals surface area contributed by atoms with E-state index in [0.717, 1.165) is 53.1 Å². The minimum absolute atomic E-state index is 0.0565. The molecule has 2 aliphatic heterocycles. The van der Waals surface area contributed by atoms with Crippen molar-refractivity contribution in [1.29, 1.82) is 0 Å². The predicted octanol–water partition coefficient (Wildman–Crippen LogP) is 3.89. The second kappa shape index (κ2) is 8.31. The summed E-state index contributed by atoms with van der Waals surface area (Å²) < 4.78 is 11.6. The third-order valence-corrected chi connectivity index (χ3v) is 7.03. The van der Waals surface area contributed by atoms with Gasteiger partial charge in [0.2, 0.25) is 5.91 Å². The lowest BCUT2D eigenvalue weighted by atomic mass is 10.0. The van der Waals surface area contributed by atoms with Gasteiger partial charge in [0.15, 0.2) is 16.7 Å². The molecule has 1 amide bonds. The Morgan fingerprint density at radius 1 is 1.20 bits per heavy atom. The van der Waals surface area contributed by atoms with E-state index in [1.165, 1.54) is 23.1 Å². The van der Waals surface area contributed by atoms with Crippen molar-refractivity contribution in [3.8, 4) is 11.5 Å².